The summed E-state index contributed by atoms with van der Waals surface area (Å²) in [5, 5.41) is 6.74. The third-order valence-corrected chi connectivity index (χ3v) is 2.20. The van der Waals surface area contributed by atoms with Crippen LogP contribution < -0.4 is 16.6 Å². The van der Waals surface area contributed by atoms with Gasteiger partial charge in [-0.2, -0.15) is 5.10 Å². The van der Waals surface area contributed by atoms with Gasteiger partial charge in [0.1, 0.15) is 5.69 Å². The molecule has 0 aliphatic rings. The molecule has 0 saturated carbocycles. The Hall–Kier alpha value is -2.48. The molecule has 8 nitrogen and oxygen atoms in total. The zero-order chi connectivity index (χ0) is 12.8. The molecule has 2 aromatic rings. The van der Waals surface area contributed by atoms with Gasteiger partial charge in [0.25, 0.3) is 5.91 Å². The SMILES string of the molecule is NNc1cncc(C(=O)NCCn2cccn2)n1. The number of nitrogens with two attached hydrogens (primary N) is 1. The lowest BCUT2D eigenvalue weighted by Gasteiger charge is -2.05. The van der Waals surface area contributed by atoms with Crippen LogP contribution in [0.25, 0.3) is 0 Å². The number of aromatic nitrogens is 4. The molecule has 0 unspecified atom stereocenters. The number of hydrazine groups is 1. The lowest BCUT2D eigenvalue weighted by atomic mass is 10.4. The number of nitrogens with zero attached hydrogens (tertiary/aromatic N) is 4. The Morgan fingerprint density at radius 2 is 2.33 bits per heavy atom. The fourth-order valence-corrected chi connectivity index (χ4v) is 1.35. The van der Waals surface area contributed by atoms with Crippen LogP contribution in [0.15, 0.2) is 30.9 Å². The van der Waals surface area contributed by atoms with E-state index in [1.165, 1.54) is 12.4 Å². The molecule has 8 heteroatoms. The van der Waals surface area contributed by atoms with Crippen molar-refractivity contribution in [2.75, 3.05) is 12.0 Å². The van der Waals surface area contributed by atoms with Crippen molar-refractivity contribution in [1.29, 1.82) is 0 Å². The highest BCUT2D eigenvalue weighted by atomic mass is 16.1. The lowest BCUT2D eigenvalue weighted by Crippen LogP contribution is -2.28. The van der Waals surface area contributed by atoms with Gasteiger partial charge in [-0.05, 0) is 6.07 Å². The fraction of sp³-hybridized carbons (Fsp3) is 0.200. The molecule has 2 rings (SSSR count). The number of carbonyl (C=O) groups is 1. The highest BCUT2D eigenvalue weighted by Crippen LogP contribution is 1.99. The molecule has 1 amide bonds. The maximum atomic E-state index is 11.7. The molecule has 0 bridgehead atoms. The van der Waals surface area contributed by atoms with Crippen molar-refractivity contribution in [3.05, 3.63) is 36.5 Å². The van der Waals surface area contributed by atoms with Crippen LogP contribution in [0, 0.1) is 0 Å². The van der Waals surface area contributed by atoms with Gasteiger partial charge < -0.3 is 10.7 Å². The standard InChI is InChI=1S/C10H13N7O/c11-16-9-7-12-6-8(15-9)10(18)13-3-5-17-4-1-2-14-17/h1-2,4,6-7H,3,5,11H2,(H,13,18)(H,15,16). The van der Waals surface area contributed by atoms with E-state index in [9.17, 15) is 4.79 Å². The number of nitrogens with one attached hydrogen (secondary N) is 2. The molecular formula is C10H13N7O. The Morgan fingerprint density at radius 1 is 1.44 bits per heavy atom. The third-order valence-electron chi connectivity index (χ3n) is 2.20. The predicted molar refractivity (Wildman–Crippen MR) is 64.4 cm³/mol. The van der Waals surface area contributed by atoms with E-state index in [0.717, 1.165) is 0 Å². The van der Waals surface area contributed by atoms with Gasteiger partial charge in [-0.3, -0.25) is 14.5 Å². The normalized spacial score (nSPS) is 10.1. The minimum Gasteiger partial charge on any atom is -0.349 e. The first kappa shape index (κ1) is 12.0. The van der Waals surface area contributed by atoms with E-state index in [2.05, 4.69) is 25.8 Å². The molecule has 0 aliphatic carbocycles. The van der Waals surface area contributed by atoms with Crippen LogP contribution in [0.2, 0.25) is 0 Å². The van der Waals surface area contributed by atoms with E-state index in [1.54, 1.807) is 10.9 Å². The first-order valence-corrected chi connectivity index (χ1v) is 5.34. The number of hydrogen-bond donors (Lipinski definition) is 3. The smallest absolute Gasteiger partial charge is 0.271 e. The summed E-state index contributed by atoms with van der Waals surface area (Å²) in [5.41, 5.74) is 2.55. The van der Waals surface area contributed by atoms with Gasteiger partial charge in [0, 0.05) is 18.9 Å². The molecule has 0 saturated heterocycles. The van der Waals surface area contributed by atoms with Crippen molar-refractivity contribution >= 4 is 11.7 Å². The molecule has 0 spiro atoms. The van der Waals surface area contributed by atoms with Crippen LogP contribution in [0.3, 0.4) is 0 Å². The molecule has 18 heavy (non-hydrogen) atoms. The molecule has 0 atom stereocenters. The maximum Gasteiger partial charge on any atom is 0.271 e. The summed E-state index contributed by atoms with van der Waals surface area (Å²) >= 11 is 0. The summed E-state index contributed by atoms with van der Waals surface area (Å²) in [6.45, 7) is 1.06. The summed E-state index contributed by atoms with van der Waals surface area (Å²) < 4.78 is 1.73. The van der Waals surface area contributed by atoms with E-state index in [1.807, 2.05) is 12.3 Å². The summed E-state index contributed by atoms with van der Waals surface area (Å²) in [5.74, 6) is 5.23. The summed E-state index contributed by atoms with van der Waals surface area (Å²) in [4.78, 5) is 19.6. The molecule has 2 aromatic heterocycles. The highest BCUT2D eigenvalue weighted by molar-refractivity contribution is 5.92. The number of carbonyl (C=O) groups excluding carboxylic acids is 1. The predicted octanol–water partition coefficient (Wildman–Crippen LogP) is -0.611. The minimum atomic E-state index is -0.299. The molecule has 0 aliphatic heterocycles. The third kappa shape index (κ3) is 3.01. The maximum absolute atomic E-state index is 11.7. The molecule has 2 heterocycles. The minimum absolute atomic E-state index is 0.214. The highest BCUT2D eigenvalue weighted by Gasteiger charge is 2.07. The molecule has 94 valence electrons. The number of rotatable bonds is 5. The van der Waals surface area contributed by atoms with Crippen molar-refractivity contribution in [2.45, 2.75) is 6.54 Å². The van der Waals surface area contributed by atoms with E-state index in [4.69, 9.17) is 5.84 Å². The zero-order valence-corrected chi connectivity index (χ0v) is 9.58. The molecule has 0 aromatic carbocycles. The van der Waals surface area contributed by atoms with Crippen LogP contribution in [0.5, 0.6) is 0 Å². The Kier molecular flexibility index (Phi) is 3.82. The zero-order valence-electron chi connectivity index (χ0n) is 9.58. The molecular weight excluding hydrogens is 234 g/mol. The van der Waals surface area contributed by atoms with Crippen molar-refractivity contribution in [2.24, 2.45) is 5.84 Å². The van der Waals surface area contributed by atoms with Crippen LogP contribution in [-0.4, -0.2) is 32.2 Å². The van der Waals surface area contributed by atoms with Crippen LogP contribution in [-0.2, 0) is 6.54 Å². The average molecular weight is 247 g/mol. The van der Waals surface area contributed by atoms with E-state index >= 15 is 0 Å². The fourth-order valence-electron chi connectivity index (χ4n) is 1.35. The van der Waals surface area contributed by atoms with Gasteiger partial charge in [-0.15, -0.1) is 0 Å². The monoisotopic (exact) mass is 247 g/mol. The average Bonchev–Trinajstić information content (AvgIpc) is 2.92. The number of anilines is 1. The van der Waals surface area contributed by atoms with Gasteiger partial charge in [-0.1, -0.05) is 0 Å². The van der Waals surface area contributed by atoms with Crippen LogP contribution >= 0.6 is 0 Å². The van der Waals surface area contributed by atoms with E-state index < -0.39 is 0 Å². The Balaban J connectivity index is 1.87. The lowest BCUT2D eigenvalue weighted by molar-refractivity contribution is 0.0946. The van der Waals surface area contributed by atoms with Crippen molar-refractivity contribution in [3.8, 4) is 0 Å². The number of hydrogen-bond acceptors (Lipinski definition) is 6. The first-order valence-electron chi connectivity index (χ1n) is 5.34. The topological polar surface area (TPSA) is 111 Å². The van der Waals surface area contributed by atoms with Crippen LogP contribution in [0.1, 0.15) is 10.5 Å². The van der Waals surface area contributed by atoms with E-state index in [-0.39, 0.29) is 11.6 Å². The first-order chi connectivity index (χ1) is 8.79. The Labute approximate surface area is 103 Å². The summed E-state index contributed by atoms with van der Waals surface area (Å²) in [7, 11) is 0. The van der Waals surface area contributed by atoms with E-state index in [0.29, 0.717) is 18.9 Å². The van der Waals surface area contributed by atoms with Gasteiger partial charge >= 0.3 is 0 Å². The van der Waals surface area contributed by atoms with Gasteiger partial charge in [0.2, 0.25) is 0 Å². The van der Waals surface area contributed by atoms with Gasteiger partial charge in [-0.25, -0.2) is 10.8 Å². The Morgan fingerprint density at radius 3 is 3.06 bits per heavy atom. The summed E-state index contributed by atoms with van der Waals surface area (Å²) in [6.07, 6.45) is 6.32. The molecule has 4 N–H and O–H groups in total. The van der Waals surface area contributed by atoms with Crippen molar-refractivity contribution < 1.29 is 4.79 Å². The van der Waals surface area contributed by atoms with Crippen molar-refractivity contribution in [1.82, 2.24) is 25.1 Å². The second-order valence-corrected chi connectivity index (χ2v) is 3.46. The van der Waals surface area contributed by atoms with Gasteiger partial charge in [0.05, 0.1) is 18.9 Å². The van der Waals surface area contributed by atoms with Gasteiger partial charge in [0.15, 0.2) is 5.82 Å². The number of amides is 1. The largest absolute Gasteiger partial charge is 0.349 e. The van der Waals surface area contributed by atoms with Crippen molar-refractivity contribution in [3.63, 3.8) is 0 Å². The molecule has 0 fully saturated rings. The second kappa shape index (κ2) is 5.73. The number of nitrogen functional groups attached to an aromatic ring is 1. The van der Waals surface area contributed by atoms with Crippen LogP contribution in [0.4, 0.5) is 5.82 Å². The second-order valence-electron chi connectivity index (χ2n) is 3.46. The summed E-state index contributed by atoms with van der Waals surface area (Å²) in [6, 6.07) is 1.82. The Bertz CT molecular complexity index is 511. The molecule has 0 radical (unpaired) electrons. The quantitative estimate of drug-likeness (QED) is 0.480.